The van der Waals surface area contributed by atoms with Crippen LogP contribution in [0.2, 0.25) is 0 Å². The molecule has 1 unspecified atom stereocenters. The van der Waals surface area contributed by atoms with Crippen LogP contribution in [-0.4, -0.2) is 22.6 Å². The van der Waals surface area contributed by atoms with Crippen molar-refractivity contribution < 1.29 is 0 Å². The third-order valence-corrected chi connectivity index (χ3v) is 2.14. The summed E-state index contributed by atoms with van der Waals surface area (Å²) in [6, 6.07) is 0.251. The zero-order valence-corrected chi connectivity index (χ0v) is 9.08. The Bertz CT molecular complexity index is 245. The predicted molar refractivity (Wildman–Crippen MR) is 56.5 cm³/mol. The van der Waals surface area contributed by atoms with E-state index in [9.17, 15) is 0 Å². The van der Waals surface area contributed by atoms with Gasteiger partial charge < -0.3 is 11.1 Å². The molecule has 72 valence electrons. The first kappa shape index (κ1) is 10.4. The number of nitrogens with one attached hydrogen (secondary N) is 1. The maximum atomic E-state index is 5.53. The monoisotopic (exact) mass is 244 g/mol. The zero-order valence-electron chi connectivity index (χ0n) is 7.50. The van der Waals surface area contributed by atoms with Crippen LogP contribution in [0.5, 0.6) is 0 Å². The Morgan fingerprint density at radius 3 is 2.62 bits per heavy atom. The van der Waals surface area contributed by atoms with Crippen molar-refractivity contribution in [3.05, 3.63) is 16.9 Å². The molecule has 13 heavy (non-hydrogen) atoms. The summed E-state index contributed by atoms with van der Waals surface area (Å²) in [5.74, 6) is 0.625. The minimum absolute atomic E-state index is 0.251. The van der Waals surface area contributed by atoms with Crippen molar-refractivity contribution in [3.63, 3.8) is 0 Å². The van der Waals surface area contributed by atoms with Gasteiger partial charge >= 0.3 is 0 Å². The highest BCUT2D eigenvalue weighted by molar-refractivity contribution is 9.10. The molecule has 0 spiro atoms. The summed E-state index contributed by atoms with van der Waals surface area (Å²) in [4.78, 5) is 8.18. The van der Waals surface area contributed by atoms with Gasteiger partial charge in [0.15, 0.2) is 0 Å². The summed E-state index contributed by atoms with van der Waals surface area (Å²) in [6.07, 6.45) is 4.38. The van der Waals surface area contributed by atoms with Gasteiger partial charge in [-0.15, -0.1) is 0 Å². The van der Waals surface area contributed by atoms with Crippen LogP contribution in [0.25, 0.3) is 0 Å². The van der Waals surface area contributed by atoms with Crippen LogP contribution in [0.1, 0.15) is 13.3 Å². The van der Waals surface area contributed by atoms with Gasteiger partial charge in [0.05, 0.1) is 4.47 Å². The Hall–Kier alpha value is -0.680. The quantitative estimate of drug-likeness (QED) is 0.841. The Kier molecular flexibility index (Phi) is 4.11. The lowest BCUT2D eigenvalue weighted by molar-refractivity contribution is 0.695. The molecule has 0 saturated heterocycles. The van der Waals surface area contributed by atoms with E-state index in [0.717, 1.165) is 10.9 Å². The molecule has 1 aromatic heterocycles. The van der Waals surface area contributed by atoms with Crippen LogP contribution >= 0.6 is 15.9 Å². The molecule has 0 fully saturated rings. The maximum Gasteiger partial charge on any atom is 0.222 e. The third-order valence-electron chi connectivity index (χ3n) is 1.73. The first-order valence-electron chi connectivity index (χ1n) is 4.20. The van der Waals surface area contributed by atoms with E-state index in [0.29, 0.717) is 12.5 Å². The van der Waals surface area contributed by atoms with Crippen LogP contribution in [0.3, 0.4) is 0 Å². The molecule has 0 aliphatic rings. The Morgan fingerprint density at radius 1 is 1.54 bits per heavy atom. The number of hydrogen-bond donors (Lipinski definition) is 2. The molecule has 1 atom stereocenters. The van der Waals surface area contributed by atoms with Crippen LogP contribution < -0.4 is 11.1 Å². The summed E-state index contributed by atoms with van der Waals surface area (Å²) in [5.41, 5.74) is 5.53. The van der Waals surface area contributed by atoms with Crippen molar-refractivity contribution in [2.75, 3.05) is 11.9 Å². The number of aromatic nitrogens is 2. The van der Waals surface area contributed by atoms with E-state index >= 15 is 0 Å². The molecule has 0 aliphatic carbocycles. The smallest absolute Gasteiger partial charge is 0.222 e. The van der Waals surface area contributed by atoms with Gasteiger partial charge in [-0.2, -0.15) is 0 Å². The Balaban J connectivity index is 2.58. The fourth-order valence-electron chi connectivity index (χ4n) is 0.897. The van der Waals surface area contributed by atoms with Crippen molar-refractivity contribution in [2.45, 2.75) is 19.4 Å². The second kappa shape index (κ2) is 5.14. The molecule has 0 radical (unpaired) electrons. The number of anilines is 1. The SMILES string of the molecule is CCC(CN)Nc1ncc(Br)cn1. The summed E-state index contributed by atoms with van der Waals surface area (Å²) in [7, 11) is 0. The molecule has 0 aromatic carbocycles. The zero-order chi connectivity index (χ0) is 9.68. The molecule has 5 heteroatoms. The number of hydrogen-bond acceptors (Lipinski definition) is 4. The van der Waals surface area contributed by atoms with Crippen LogP contribution in [-0.2, 0) is 0 Å². The lowest BCUT2D eigenvalue weighted by Crippen LogP contribution is -2.28. The molecule has 1 aromatic rings. The standard InChI is InChI=1S/C8H13BrN4/c1-2-7(3-10)13-8-11-4-6(9)5-12-8/h4-5,7H,2-3,10H2,1H3,(H,11,12,13). The maximum absolute atomic E-state index is 5.53. The van der Waals surface area contributed by atoms with E-state index in [4.69, 9.17) is 5.73 Å². The largest absolute Gasteiger partial charge is 0.350 e. The van der Waals surface area contributed by atoms with Crippen molar-refractivity contribution in [1.82, 2.24) is 9.97 Å². The molecule has 0 bridgehead atoms. The number of halogens is 1. The molecule has 0 amide bonds. The van der Waals surface area contributed by atoms with Gasteiger partial charge in [-0.05, 0) is 22.4 Å². The predicted octanol–water partition coefficient (Wildman–Crippen LogP) is 1.39. The van der Waals surface area contributed by atoms with E-state index < -0.39 is 0 Å². The first-order chi connectivity index (χ1) is 6.26. The topological polar surface area (TPSA) is 63.8 Å². The molecule has 1 rings (SSSR count). The number of nitrogens with zero attached hydrogens (tertiary/aromatic N) is 2. The molecule has 0 aliphatic heterocycles. The Labute approximate surface area is 86.1 Å². The van der Waals surface area contributed by atoms with Gasteiger partial charge in [0, 0.05) is 25.0 Å². The van der Waals surface area contributed by atoms with E-state index in [1.54, 1.807) is 12.4 Å². The average Bonchev–Trinajstić information content (AvgIpc) is 2.17. The third kappa shape index (κ3) is 3.28. The summed E-state index contributed by atoms with van der Waals surface area (Å²) < 4.78 is 0.874. The van der Waals surface area contributed by atoms with Gasteiger partial charge in [-0.1, -0.05) is 6.92 Å². The number of nitrogens with two attached hydrogens (primary N) is 1. The normalized spacial score (nSPS) is 12.5. The minimum Gasteiger partial charge on any atom is -0.350 e. The second-order valence-electron chi connectivity index (χ2n) is 2.71. The van der Waals surface area contributed by atoms with Crippen molar-refractivity contribution >= 4 is 21.9 Å². The fourth-order valence-corrected chi connectivity index (χ4v) is 1.10. The minimum atomic E-state index is 0.251. The van der Waals surface area contributed by atoms with E-state index in [2.05, 4.69) is 38.1 Å². The lowest BCUT2D eigenvalue weighted by Gasteiger charge is -2.13. The van der Waals surface area contributed by atoms with Gasteiger partial charge in [0.2, 0.25) is 5.95 Å². The summed E-state index contributed by atoms with van der Waals surface area (Å²) in [6.45, 7) is 2.67. The second-order valence-corrected chi connectivity index (χ2v) is 3.63. The van der Waals surface area contributed by atoms with Crippen LogP contribution in [0.15, 0.2) is 16.9 Å². The first-order valence-corrected chi connectivity index (χ1v) is 4.99. The molecule has 1 heterocycles. The van der Waals surface area contributed by atoms with Gasteiger partial charge in [-0.3, -0.25) is 0 Å². The van der Waals surface area contributed by atoms with Crippen LogP contribution in [0.4, 0.5) is 5.95 Å². The van der Waals surface area contributed by atoms with E-state index in [-0.39, 0.29) is 6.04 Å². The number of rotatable bonds is 4. The highest BCUT2D eigenvalue weighted by Crippen LogP contribution is 2.07. The molecule has 0 saturated carbocycles. The van der Waals surface area contributed by atoms with Gasteiger partial charge in [0.25, 0.3) is 0 Å². The van der Waals surface area contributed by atoms with Gasteiger partial charge in [0.1, 0.15) is 0 Å². The fraction of sp³-hybridized carbons (Fsp3) is 0.500. The highest BCUT2D eigenvalue weighted by Gasteiger charge is 2.04. The highest BCUT2D eigenvalue weighted by atomic mass is 79.9. The van der Waals surface area contributed by atoms with Gasteiger partial charge in [-0.25, -0.2) is 9.97 Å². The van der Waals surface area contributed by atoms with Crippen molar-refractivity contribution in [3.8, 4) is 0 Å². The van der Waals surface area contributed by atoms with E-state index in [1.807, 2.05) is 0 Å². The molecular formula is C8H13BrN4. The molecular weight excluding hydrogens is 232 g/mol. The molecule has 3 N–H and O–H groups in total. The van der Waals surface area contributed by atoms with Crippen molar-refractivity contribution in [1.29, 1.82) is 0 Å². The molecule has 4 nitrogen and oxygen atoms in total. The summed E-state index contributed by atoms with van der Waals surface area (Å²) in [5, 5.41) is 3.14. The lowest BCUT2D eigenvalue weighted by atomic mass is 10.2. The van der Waals surface area contributed by atoms with Crippen molar-refractivity contribution in [2.24, 2.45) is 5.73 Å². The average molecular weight is 245 g/mol. The Morgan fingerprint density at radius 2 is 2.15 bits per heavy atom. The van der Waals surface area contributed by atoms with Crippen LogP contribution in [0, 0.1) is 0 Å². The van der Waals surface area contributed by atoms with E-state index in [1.165, 1.54) is 0 Å². The summed E-state index contributed by atoms with van der Waals surface area (Å²) >= 11 is 3.27.